The molecule has 2 rings (SSSR count). The lowest BCUT2D eigenvalue weighted by Crippen LogP contribution is -2.02. The second-order valence-electron chi connectivity index (χ2n) is 3.02. The average Bonchev–Trinajstić information content (AvgIpc) is 2.65. The second kappa shape index (κ2) is 4.16. The van der Waals surface area contributed by atoms with Gasteiger partial charge >= 0.3 is 11.4 Å². The molecule has 2 heterocycles. The number of nitrogens with zero attached hydrogens (tertiary/aromatic N) is 1. The highest BCUT2D eigenvalue weighted by Crippen LogP contribution is 2.23. The molecular formula is C9H11NO3S. The highest BCUT2D eigenvalue weighted by atomic mass is 32.2. The number of rotatable bonds is 2. The van der Waals surface area contributed by atoms with Gasteiger partial charge in [0.15, 0.2) is 0 Å². The van der Waals surface area contributed by atoms with E-state index in [4.69, 9.17) is 8.37 Å². The van der Waals surface area contributed by atoms with E-state index in [0.29, 0.717) is 6.61 Å². The van der Waals surface area contributed by atoms with Crippen LogP contribution in [-0.2, 0) is 26.1 Å². The summed E-state index contributed by atoms with van der Waals surface area (Å²) >= 11 is -1.60. The summed E-state index contributed by atoms with van der Waals surface area (Å²) in [6.45, 7) is 2.38. The minimum atomic E-state index is -1.60. The Balaban J connectivity index is 2.13. The van der Waals surface area contributed by atoms with Crippen LogP contribution in [0.4, 0.5) is 0 Å². The summed E-state index contributed by atoms with van der Waals surface area (Å²) in [6.07, 6.45) is 2.47. The van der Waals surface area contributed by atoms with Crippen molar-refractivity contribution in [1.29, 1.82) is 0 Å². The normalized spacial score (nSPS) is 26.6. The summed E-state index contributed by atoms with van der Waals surface area (Å²) in [6, 6.07) is 3.88. The Morgan fingerprint density at radius 1 is 1.64 bits per heavy atom. The van der Waals surface area contributed by atoms with Crippen LogP contribution >= 0.6 is 0 Å². The molecular weight excluding hydrogens is 202 g/mol. The first-order valence-corrected chi connectivity index (χ1v) is 5.46. The molecule has 0 aromatic carbocycles. The molecule has 0 amide bonds. The van der Waals surface area contributed by atoms with Crippen LogP contribution < -0.4 is 0 Å². The fraction of sp³-hybridized carbons (Fsp3) is 0.444. The van der Waals surface area contributed by atoms with E-state index in [2.05, 4.69) is 11.9 Å². The lowest BCUT2D eigenvalue weighted by atomic mass is 10.2. The van der Waals surface area contributed by atoms with Gasteiger partial charge in [0.2, 0.25) is 0 Å². The Kier molecular flexibility index (Phi) is 2.90. The van der Waals surface area contributed by atoms with E-state index >= 15 is 0 Å². The van der Waals surface area contributed by atoms with Gasteiger partial charge in [0, 0.05) is 6.20 Å². The Bertz CT molecular complexity index is 338. The zero-order valence-corrected chi connectivity index (χ0v) is 8.62. The summed E-state index contributed by atoms with van der Waals surface area (Å²) in [5.41, 5.74) is 1.95. The third kappa shape index (κ3) is 2.00. The summed E-state index contributed by atoms with van der Waals surface area (Å²) in [5.74, 6) is 0. The number of pyridine rings is 1. The van der Waals surface area contributed by atoms with Crippen LogP contribution in [0, 0.1) is 0 Å². The molecule has 1 aliphatic rings. The van der Waals surface area contributed by atoms with Gasteiger partial charge in [0.1, 0.15) is 6.10 Å². The molecule has 0 unspecified atom stereocenters. The molecule has 1 fully saturated rings. The van der Waals surface area contributed by atoms with E-state index in [0.717, 1.165) is 12.1 Å². The first-order chi connectivity index (χ1) is 6.79. The lowest BCUT2D eigenvalue weighted by molar-refractivity contribution is 0.240. The predicted octanol–water partition coefficient (Wildman–Crippen LogP) is 1.31. The Morgan fingerprint density at radius 3 is 3.00 bits per heavy atom. The molecule has 0 N–H and O–H groups in total. The molecule has 5 heteroatoms. The molecule has 1 aromatic rings. The molecule has 14 heavy (non-hydrogen) atoms. The average molecular weight is 213 g/mol. The third-order valence-corrected chi connectivity index (χ3v) is 2.81. The van der Waals surface area contributed by atoms with Crippen LogP contribution in [0.25, 0.3) is 0 Å². The van der Waals surface area contributed by atoms with E-state index in [1.807, 2.05) is 12.1 Å². The van der Waals surface area contributed by atoms with Gasteiger partial charge in [-0.2, -0.15) is 4.21 Å². The van der Waals surface area contributed by atoms with Crippen LogP contribution in [0.2, 0.25) is 0 Å². The highest BCUT2D eigenvalue weighted by molar-refractivity contribution is 7.75. The Labute approximate surface area is 85.1 Å². The molecule has 1 aliphatic heterocycles. The quantitative estimate of drug-likeness (QED) is 0.743. The van der Waals surface area contributed by atoms with E-state index in [-0.39, 0.29) is 6.10 Å². The molecule has 0 saturated carbocycles. The molecule has 0 spiro atoms. The zero-order valence-electron chi connectivity index (χ0n) is 7.80. The Hall–Kier alpha value is -0.780. The maximum atomic E-state index is 10.8. The molecule has 1 aromatic heterocycles. The topological polar surface area (TPSA) is 48.4 Å². The van der Waals surface area contributed by atoms with Crippen molar-refractivity contribution in [3.05, 3.63) is 29.6 Å². The monoisotopic (exact) mass is 213 g/mol. The predicted molar refractivity (Wildman–Crippen MR) is 51.5 cm³/mol. The van der Waals surface area contributed by atoms with E-state index < -0.39 is 11.4 Å². The highest BCUT2D eigenvalue weighted by Gasteiger charge is 2.25. The summed E-state index contributed by atoms with van der Waals surface area (Å²) < 4.78 is 20.6. The van der Waals surface area contributed by atoms with Gasteiger partial charge in [0.25, 0.3) is 0 Å². The standard InChI is InChI=1S/C9H11NO3S/c1-2-7-3-4-8(10-5-7)9-6-12-14(11)13-9/h3-5,9H,2,6H2,1H3/t9-,14-/m0/s1. The van der Waals surface area contributed by atoms with Crippen LogP contribution in [0.15, 0.2) is 18.3 Å². The minimum Gasteiger partial charge on any atom is -0.265 e. The van der Waals surface area contributed by atoms with Gasteiger partial charge in [0.05, 0.1) is 12.3 Å². The SMILES string of the molecule is CCc1ccc([C@@H]2CO[S@](=O)O2)nc1. The minimum absolute atomic E-state index is 0.290. The number of hydrogen-bond donors (Lipinski definition) is 0. The lowest BCUT2D eigenvalue weighted by Gasteiger charge is -2.04. The largest absolute Gasteiger partial charge is 0.305 e. The fourth-order valence-electron chi connectivity index (χ4n) is 1.24. The summed E-state index contributed by atoms with van der Waals surface area (Å²) in [5, 5.41) is 0. The van der Waals surface area contributed by atoms with Crippen LogP contribution in [-0.4, -0.2) is 15.8 Å². The van der Waals surface area contributed by atoms with Crippen LogP contribution in [0.3, 0.4) is 0 Å². The van der Waals surface area contributed by atoms with Crippen molar-refractivity contribution in [3.8, 4) is 0 Å². The molecule has 2 atom stereocenters. The summed E-state index contributed by atoms with van der Waals surface area (Å²) in [4.78, 5) is 4.23. The smallest absolute Gasteiger partial charge is 0.265 e. The van der Waals surface area contributed by atoms with Gasteiger partial charge in [-0.25, -0.2) is 0 Å². The van der Waals surface area contributed by atoms with Gasteiger partial charge in [-0.3, -0.25) is 13.4 Å². The van der Waals surface area contributed by atoms with Crippen molar-refractivity contribution in [2.45, 2.75) is 19.4 Å². The van der Waals surface area contributed by atoms with Gasteiger partial charge in [-0.15, -0.1) is 0 Å². The number of aromatic nitrogens is 1. The van der Waals surface area contributed by atoms with Gasteiger partial charge in [-0.1, -0.05) is 13.0 Å². The molecule has 0 bridgehead atoms. The van der Waals surface area contributed by atoms with Gasteiger partial charge < -0.3 is 0 Å². The molecule has 0 aliphatic carbocycles. The van der Waals surface area contributed by atoms with E-state index in [9.17, 15) is 4.21 Å². The molecule has 76 valence electrons. The van der Waals surface area contributed by atoms with E-state index in [1.54, 1.807) is 6.20 Å². The van der Waals surface area contributed by atoms with Crippen molar-refractivity contribution < 1.29 is 12.6 Å². The number of hydrogen-bond acceptors (Lipinski definition) is 4. The van der Waals surface area contributed by atoms with Crippen molar-refractivity contribution in [3.63, 3.8) is 0 Å². The van der Waals surface area contributed by atoms with Crippen LogP contribution in [0.5, 0.6) is 0 Å². The zero-order chi connectivity index (χ0) is 9.97. The maximum Gasteiger partial charge on any atom is 0.305 e. The Morgan fingerprint density at radius 2 is 2.50 bits per heavy atom. The van der Waals surface area contributed by atoms with Crippen LogP contribution in [0.1, 0.15) is 24.3 Å². The first kappa shape index (κ1) is 9.76. The molecule has 4 nitrogen and oxygen atoms in total. The molecule has 0 radical (unpaired) electrons. The summed E-state index contributed by atoms with van der Waals surface area (Å²) in [7, 11) is 0. The van der Waals surface area contributed by atoms with Crippen molar-refractivity contribution in [2.24, 2.45) is 0 Å². The van der Waals surface area contributed by atoms with Crippen molar-refractivity contribution in [1.82, 2.24) is 4.98 Å². The van der Waals surface area contributed by atoms with E-state index in [1.165, 1.54) is 5.56 Å². The second-order valence-corrected chi connectivity index (χ2v) is 3.85. The number of aryl methyl sites for hydroxylation is 1. The fourth-order valence-corrected chi connectivity index (χ4v) is 1.87. The van der Waals surface area contributed by atoms with Gasteiger partial charge in [-0.05, 0) is 18.1 Å². The first-order valence-electron chi connectivity index (χ1n) is 4.46. The third-order valence-electron chi connectivity index (χ3n) is 2.10. The molecule has 1 saturated heterocycles. The van der Waals surface area contributed by atoms with Crippen molar-refractivity contribution in [2.75, 3.05) is 6.61 Å². The maximum absolute atomic E-state index is 10.8. The van der Waals surface area contributed by atoms with Crippen molar-refractivity contribution >= 4 is 11.4 Å².